The fourth-order valence-electron chi connectivity index (χ4n) is 6.25. The van der Waals surface area contributed by atoms with E-state index in [1.807, 2.05) is 0 Å². The molecule has 2 amide bonds. The monoisotopic (exact) mass is 748 g/mol. The molecule has 4 aliphatic rings. The fraction of sp³-hybridized carbons (Fsp3) is 0.929. The first-order valence-electron chi connectivity index (χ1n) is 16.1. The summed E-state index contributed by atoms with van der Waals surface area (Å²) in [6, 6.07) is -2.88. The first-order chi connectivity index (χ1) is 24.0. The molecule has 0 bridgehead atoms. The topological polar surface area (TPSA) is 366 Å². The average Bonchev–Trinajstić information content (AvgIpc) is 3.08. The lowest BCUT2D eigenvalue weighted by Crippen LogP contribution is -2.69. The summed E-state index contributed by atoms with van der Waals surface area (Å²) in [5.74, 6) is -1.33. The number of hydrogen-bond donors (Lipinski definition) is 14. The van der Waals surface area contributed by atoms with Gasteiger partial charge in [-0.2, -0.15) is 0 Å². The highest BCUT2D eigenvalue weighted by Crippen LogP contribution is 2.33. The predicted molar refractivity (Wildman–Crippen MR) is 157 cm³/mol. The van der Waals surface area contributed by atoms with Gasteiger partial charge in [0.25, 0.3) is 0 Å². The van der Waals surface area contributed by atoms with Gasteiger partial charge in [0, 0.05) is 13.8 Å². The SMILES string of the molecule is CC(=O)N[C@@H]1[C@@H](O)[C@@H](O)[C@@H](CO[C@@H]2O[C@H](CO)[C@@H](O[C@@H]3O[C@H](CO)[C@H](O)[C@H](O[C@H]4O[C@H](CO)[C@H](O)[C@H](O)[C@H]4O)[C@H]3O)[C@H](O)[C@H]2NC(C)=O)O[C@H]1O. The van der Waals surface area contributed by atoms with Crippen molar-refractivity contribution < 1.29 is 104 Å². The quantitative estimate of drug-likeness (QED) is 0.0881. The molecule has 0 aromatic carbocycles. The number of amides is 2. The maximum absolute atomic E-state index is 12.1. The van der Waals surface area contributed by atoms with Crippen molar-refractivity contribution in [3.8, 4) is 0 Å². The minimum Gasteiger partial charge on any atom is -0.394 e. The zero-order valence-electron chi connectivity index (χ0n) is 27.4. The molecule has 0 aromatic rings. The Morgan fingerprint density at radius 2 is 1.00 bits per heavy atom. The van der Waals surface area contributed by atoms with Crippen LogP contribution in [0.3, 0.4) is 0 Å². The number of nitrogens with one attached hydrogen (secondary N) is 2. The highest BCUT2D eigenvalue weighted by Gasteiger charge is 2.54. The van der Waals surface area contributed by atoms with Crippen molar-refractivity contribution in [1.29, 1.82) is 0 Å². The normalized spacial score (nSPS) is 47.8. The zero-order chi connectivity index (χ0) is 37.9. The molecule has 0 radical (unpaired) electrons. The number of hydrogen-bond acceptors (Lipinski definition) is 21. The Morgan fingerprint density at radius 3 is 1.57 bits per heavy atom. The number of aliphatic hydroxyl groups excluding tert-OH is 12. The molecule has 296 valence electrons. The number of ether oxygens (including phenoxy) is 7. The molecule has 4 heterocycles. The molecule has 0 unspecified atom stereocenters. The van der Waals surface area contributed by atoms with E-state index in [2.05, 4.69) is 10.6 Å². The molecule has 4 aliphatic heterocycles. The van der Waals surface area contributed by atoms with Crippen LogP contribution in [-0.4, -0.2) is 222 Å². The summed E-state index contributed by atoms with van der Waals surface area (Å²) < 4.78 is 38.8. The van der Waals surface area contributed by atoms with E-state index in [1.54, 1.807) is 0 Å². The molecule has 4 saturated heterocycles. The molecular formula is C28H48N2O21. The maximum Gasteiger partial charge on any atom is 0.217 e. The molecule has 23 nitrogen and oxygen atoms in total. The van der Waals surface area contributed by atoms with Crippen LogP contribution in [0, 0.1) is 0 Å². The number of carbonyl (C=O) groups excluding carboxylic acids is 2. The van der Waals surface area contributed by atoms with Gasteiger partial charge in [-0.1, -0.05) is 0 Å². The van der Waals surface area contributed by atoms with E-state index in [-0.39, 0.29) is 0 Å². The molecular weight excluding hydrogens is 700 g/mol. The van der Waals surface area contributed by atoms with Gasteiger partial charge in [0.2, 0.25) is 11.8 Å². The van der Waals surface area contributed by atoms with Crippen LogP contribution in [0.1, 0.15) is 13.8 Å². The molecule has 4 fully saturated rings. The van der Waals surface area contributed by atoms with E-state index in [1.165, 1.54) is 0 Å². The number of aliphatic hydroxyl groups is 12. The van der Waals surface area contributed by atoms with Gasteiger partial charge in [0.05, 0.1) is 26.4 Å². The summed E-state index contributed by atoms with van der Waals surface area (Å²) in [5.41, 5.74) is 0. The van der Waals surface area contributed by atoms with Crippen LogP contribution in [0.15, 0.2) is 0 Å². The minimum absolute atomic E-state index is 0.621. The van der Waals surface area contributed by atoms with Gasteiger partial charge in [-0.05, 0) is 0 Å². The van der Waals surface area contributed by atoms with Crippen molar-refractivity contribution in [2.45, 2.75) is 137 Å². The van der Waals surface area contributed by atoms with Crippen molar-refractivity contribution in [3.63, 3.8) is 0 Å². The van der Waals surface area contributed by atoms with Crippen LogP contribution in [0.25, 0.3) is 0 Å². The van der Waals surface area contributed by atoms with Crippen molar-refractivity contribution in [1.82, 2.24) is 10.6 Å². The van der Waals surface area contributed by atoms with E-state index >= 15 is 0 Å². The van der Waals surface area contributed by atoms with Gasteiger partial charge in [0.1, 0.15) is 97.5 Å². The molecule has 20 atom stereocenters. The third-order valence-electron chi connectivity index (χ3n) is 8.99. The average molecular weight is 749 g/mol. The molecule has 0 aromatic heterocycles. The van der Waals surface area contributed by atoms with E-state index in [4.69, 9.17) is 33.2 Å². The molecule has 14 N–H and O–H groups in total. The van der Waals surface area contributed by atoms with E-state index in [9.17, 15) is 70.9 Å². The first-order valence-corrected chi connectivity index (χ1v) is 16.1. The van der Waals surface area contributed by atoms with Gasteiger partial charge in [0.15, 0.2) is 25.2 Å². The second-order valence-electron chi connectivity index (χ2n) is 12.7. The summed E-state index contributed by atoms with van der Waals surface area (Å²) in [4.78, 5) is 23.5. The predicted octanol–water partition coefficient (Wildman–Crippen LogP) is -9.46. The number of carbonyl (C=O) groups is 2. The maximum atomic E-state index is 12.1. The van der Waals surface area contributed by atoms with Crippen LogP contribution in [0.2, 0.25) is 0 Å². The lowest BCUT2D eigenvalue weighted by Gasteiger charge is -2.49. The van der Waals surface area contributed by atoms with Crippen molar-refractivity contribution in [2.75, 3.05) is 26.4 Å². The lowest BCUT2D eigenvalue weighted by atomic mass is 9.94. The van der Waals surface area contributed by atoms with Crippen LogP contribution in [-0.2, 0) is 42.7 Å². The first kappa shape index (κ1) is 41.9. The smallest absolute Gasteiger partial charge is 0.217 e. The number of rotatable bonds is 12. The second-order valence-corrected chi connectivity index (χ2v) is 12.7. The lowest BCUT2D eigenvalue weighted by molar-refractivity contribution is -0.376. The Hall–Kier alpha value is -1.82. The summed E-state index contributed by atoms with van der Waals surface area (Å²) in [6.07, 6.45) is -31.1. The van der Waals surface area contributed by atoms with Gasteiger partial charge in [-0.15, -0.1) is 0 Å². The van der Waals surface area contributed by atoms with Crippen molar-refractivity contribution in [2.24, 2.45) is 0 Å². The Kier molecular flexibility index (Phi) is 14.8. The molecule has 23 heteroatoms. The third-order valence-corrected chi connectivity index (χ3v) is 8.99. The second kappa shape index (κ2) is 18.0. The van der Waals surface area contributed by atoms with E-state index in [0.29, 0.717) is 0 Å². The molecule has 51 heavy (non-hydrogen) atoms. The van der Waals surface area contributed by atoms with Gasteiger partial charge in [-0.3, -0.25) is 9.59 Å². The van der Waals surface area contributed by atoms with Crippen LogP contribution in [0.5, 0.6) is 0 Å². The Balaban J connectivity index is 1.49. The van der Waals surface area contributed by atoms with Crippen molar-refractivity contribution in [3.05, 3.63) is 0 Å². The summed E-state index contributed by atoms with van der Waals surface area (Å²) in [5, 5.41) is 129. The van der Waals surface area contributed by atoms with Crippen LogP contribution < -0.4 is 10.6 Å². The summed E-state index contributed by atoms with van der Waals surface area (Å²) >= 11 is 0. The van der Waals surface area contributed by atoms with Gasteiger partial charge < -0.3 is 105 Å². The minimum atomic E-state index is -2.01. The Bertz CT molecular complexity index is 1140. The molecule has 0 spiro atoms. The van der Waals surface area contributed by atoms with Crippen LogP contribution in [0.4, 0.5) is 0 Å². The third kappa shape index (κ3) is 9.29. The largest absolute Gasteiger partial charge is 0.394 e. The van der Waals surface area contributed by atoms with E-state index in [0.717, 1.165) is 13.8 Å². The highest BCUT2D eigenvalue weighted by atomic mass is 16.8. The molecule has 0 saturated carbocycles. The Morgan fingerprint density at radius 1 is 0.510 bits per heavy atom. The van der Waals surface area contributed by atoms with Crippen molar-refractivity contribution >= 4 is 11.8 Å². The summed E-state index contributed by atoms with van der Waals surface area (Å²) in [7, 11) is 0. The Labute approximate surface area is 289 Å². The van der Waals surface area contributed by atoms with E-state index < -0.39 is 161 Å². The fourth-order valence-corrected chi connectivity index (χ4v) is 6.25. The standard InChI is InChI=1S/C28H48N2O21/c1-7(34)29-13-18(39)16(37)12(46-25(13)44)6-45-26-14(30-8(2)35)19(40)23(11(5-33)49-26)50-28-22(43)24(17(38)10(4-32)48-28)51-27-21(42)20(41)15(36)9(3-31)47-27/h9-28,31-33,36-44H,3-6H2,1-2H3,(H,29,34)(H,30,35)/t9-,10-,11-,12-,13-,14-,15+,16+,17+,18-,19-,20+,21-,22-,23-,24+,25-,26-,27-,28+/m1/s1. The summed E-state index contributed by atoms with van der Waals surface area (Å²) in [6.45, 7) is -1.00. The molecule has 0 aliphatic carbocycles. The van der Waals surface area contributed by atoms with Gasteiger partial charge >= 0.3 is 0 Å². The van der Waals surface area contributed by atoms with Gasteiger partial charge in [-0.25, -0.2) is 0 Å². The highest BCUT2D eigenvalue weighted by molar-refractivity contribution is 5.73. The zero-order valence-corrected chi connectivity index (χ0v) is 27.4. The molecule has 4 rings (SSSR count). The van der Waals surface area contributed by atoms with Crippen LogP contribution >= 0.6 is 0 Å².